The number of hydrogen-bond donors (Lipinski definition) is 2. The van der Waals surface area contributed by atoms with E-state index in [2.05, 4.69) is 15.6 Å². The van der Waals surface area contributed by atoms with E-state index in [0.29, 0.717) is 27.8 Å². The van der Waals surface area contributed by atoms with Gasteiger partial charge in [-0.25, -0.2) is 0 Å². The Morgan fingerprint density at radius 3 is 2.32 bits per heavy atom. The van der Waals surface area contributed by atoms with Gasteiger partial charge in [0.1, 0.15) is 0 Å². The summed E-state index contributed by atoms with van der Waals surface area (Å²) in [6, 6.07) is 22.6. The normalized spacial score (nSPS) is 10.3. The first-order chi connectivity index (χ1) is 15.9. The molecule has 34 heavy (non-hydrogen) atoms. The van der Waals surface area contributed by atoms with Crippen LogP contribution in [0.1, 0.15) is 33.0 Å². The quantitative estimate of drug-likeness (QED) is 0.231. The van der Waals surface area contributed by atoms with E-state index >= 15 is 0 Å². The van der Waals surface area contributed by atoms with Gasteiger partial charge in [0.25, 0.3) is 0 Å². The van der Waals surface area contributed by atoms with Crippen molar-refractivity contribution in [2.24, 2.45) is 7.05 Å². The first-order valence-corrected chi connectivity index (χ1v) is 11.2. The standard InChI is InChI=1S/C26H23ClN4OS.ClH/c1-17-14-23(31(2)24(17)25(32)18-8-10-19(27)11-9-18)15-21-12-13-22(16-28-21)30-26(33)29-20-6-4-3-5-7-20;/h3-14,16H,15H2,1-2H3,(H2,29,30,33);1H. The molecule has 2 heterocycles. The van der Waals surface area contributed by atoms with Crippen LogP contribution in [0.4, 0.5) is 11.4 Å². The number of nitrogens with one attached hydrogen (secondary N) is 2. The summed E-state index contributed by atoms with van der Waals surface area (Å²) in [6.07, 6.45) is 2.36. The Hall–Kier alpha value is -3.19. The minimum atomic E-state index is -0.0233. The number of aryl methyl sites for hydroxylation is 1. The van der Waals surface area contributed by atoms with Gasteiger partial charge in [0, 0.05) is 41.1 Å². The number of thiocarbonyl (C=S) groups is 1. The second-order valence-electron chi connectivity index (χ2n) is 7.72. The summed E-state index contributed by atoms with van der Waals surface area (Å²) in [5.41, 5.74) is 5.85. The maximum Gasteiger partial charge on any atom is 0.209 e. The lowest BCUT2D eigenvalue weighted by Crippen LogP contribution is -2.19. The lowest BCUT2D eigenvalue weighted by atomic mass is 10.1. The Bertz CT molecular complexity index is 1290. The van der Waals surface area contributed by atoms with E-state index < -0.39 is 0 Å². The van der Waals surface area contributed by atoms with Crippen LogP contribution >= 0.6 is 36.2 Å². The van der Waals surface area contributed by atoms with Gasteiger partial charge in [-0.1, -0.05) is 29.8 Å². The molecule has 0 aliphatic carbocycles. The summed E-state index contributed by atoms with van der Waals surface area (Å²) in [4.78, 5) is 17.6. The number of para-hydroxylation sites is 1. The van der Waals surface area contributed by atoms with E-state index in [4.69, 9.17) is 23.8 Å². The molecule has 0 bridgehead atoms. The van der Waals surface area contributed by atoms with Crippen LogP contribution in [0.15, 0.2) is 79.0 Å². The van der Waals surface area contributed by atoms with Crippen LogP contribution in [-0.2, 0) is 13.5 Å². The van der Waals surface area contributed by atoms with Gasteiger partial charge in [0.15, 0.2) is 5.11 Å². The van der Waals surface area contributed by atoms with E-state index in [1.165, 1.54) is 0 Å². The van der Waals surface area contributed by atoms with Crippen molar-refractivity contribution in [2.45, 2.75) is 13.3 Å². The molecule has 2 aromatic heterocycles. The molecule has 0 atom stereocenters. The second-order valence-corrected chi connectivity index (χ2v) is 8.57. The van der Waals surface area contributed by atoms with Crippen molar-refractivity contribution in [1.82, 2.24) is 9.55 Å². The van der Waals surface area contributed by atoms with E-state index in [1.54, 1.807) is 30.5 Å². The predicted octanol–water partition coefficient (Wildman–Crippen LogP) is 6.43. The van der Waals surface area contributed by atoms with Crippen LogP contribution in [0.25, 0.3) is 0 Å². The maximum atomic E-state index is 13.0. The van der Waals surface area contributed by atoms with Crippen molar-refractivity contribution in [3.63, 3.8) is 0 Å². The molecule has 4 aromatic rings. The molecule has 0 aliphatic rings. The lowest BCUT2D eigenvalue weighted by molar-refractivity contribution is 0.103. The minimum absolute atomic E-state index is 0. The average Bonchev–Trinajstić information content (AvgIpc) is 3.08. The maximum absolute atomic E-state index is 13.0. The van der Waals surface area contributed by atoms with E-state index in [-0.39, 0.29) is 18.2 Å². The molecule has 0 fully saturated rings. The summed E-state index contributed by atoms with van der Waals surface area (Å²) in [5.74, 6) is -0.0233. The summed E-state index contributed by atoms with van der Waals surface area (Å²) in [6.45, 7) is 1.95. The molecule has 4 rings (SSSR count). The molecule has 0 spiro atoms. The largest absolute Gasteiger partial charge is 0.344 e. The molecule has 0 amide bonds. The summed E-state index contributed by atoms with van der Waals surface area (Å²) < 4.78 is 1.94. The Balaban J connectivity index is 0.00000324. The zero-order valence-electron chi connectivity index (χ0n) is 18.7. The monoisotopic (exact) mass is 510 g/mol. The molecule has 0 unspecified atom stereocenters. The third-order valence-corrected chi connectivity index (χ3v) is 5.78. The highest BCUT2D eigenvalue weighted by molar-refractivity contribution is 7.80. The van der Waals surface area contributed by atoms with Gasteiger partial charge in [-0.15, -0.1) is 12.4 Å². The van der Waals surface area contributed by atoms with Crippen LogP contribution in [-0.4, -0.2) is 20.4 Å². The molecule has 0 aliphatic heterocycles. The third-order valence-electron chi connectivity index (χ3n) is 5.32. The minimum Gasteiger partial charge on any atom is -0.344 e. The first-order valence-electron chi connectivity index (χ1n) is 10.4. The molecule has 0 saturated heterocycles. The van der Waals surface area contributed by atoms with Gasteiger partial charge >= 0.3 is 0 Å². The van der Waals surface area contributed by atoms with Crippen molar-refractivity contribution in [2.75, 3.05) is 10.6 Å². The fraction of sp³-hybridized carbons (Fsp3) is 0.115. The predicted molar refractivity (Wildman–Crippen MR) is 146 cm³/mol. The van der Waals surface area contributed by atoms with Crippen molar-refractivity contribution in [3.8, 4) is 0 Å². The molecular formula is C26H24Cl2N4OS. The highest BCUT2D eigenvalue weighted by atomic mass is 35.5. The van der Waals surface area contributed by atoms with Gasteiger partial charge in [0.05, 0.1) is 17.6 Å². The number of rotatable bonds is 6. The zero-order valence-corrected chi connectivity index (χ0v) is 21.1. The molecule has 5 nitrogen and oxygen atoms in total. The van der Waals surface area contributed by atoms with Crippen molar-refractivity contribution < 1.29 is 4.79 Å². The fourth-order valence-electron chi connectivity index (χ4n) is 3.67. The summed E-state index contributed by atoms with van der Waals surface area (Å²) >= 11 is 11.3. The van der Waals surface area contributed by atoms with Gasteiger partial charge < -0.3 is 15.2 Å². The average molecular weight is 511 g/mol. The van der Waals surface area contributed by atoms with Crippen LogP contribution in [0.3, 0.4) is 0 Å². The van der Waals surface area contributed by atoms with Crippen molar-refractivity contribution in [3.05, 3.63) is 112 Å². The van der Waals surface area contributed by atoms with Gasteiger partial charge in [-0.3, -0.25) is 9.78 Å². The number of pyridine rings is 1. The smallest absolute Gasteiger partial charge is 0.209 e. The summed E-state index contributed by atoms with van der Waals surface area (Å²) in [5, 5.41) is 7.39. The molecule has 8 heteroatoms. The number of benzene rings is 2. The van der Waals surface area contributed by atoms with E-state index in [0.717, 1.165) is 28.3 Å². The number of aromatic nitrogens is 2. The van der Waals surface area contributed by atoms with Gasteiger partial charge in [0.2, 0.25) is 5.78 Å². The van der Waals surface area contributed by atoms with Gasteiger partial charge in [-0.05, 0) is 79.3 Å². The van der Waals surface area contributed by atoms with Crippen LogP contribution < -0.4 is 10.6 Å². The fourth-order valence-corrected chi connectivity index (χ4v) is 4.03. The Kier molecular flexibility index (Phi) is 8.45. The molecule has 174 valence electrons. The molecular weight excluding hydrogens is 487 g/mol. The number of carbonyl (C=O) groups excluding carboxylic acids is 1. The molecule has 2 N–H and O–H groups in total. The Morgan fingerprint density at radius 1 is 1.00 bits per heavy atom. The lowest BCUT2D eigenvalue weighted by Gasteiger charge is -2.11. The van der Waals surface area contributed by atoms with E-state index in [9.17, 15) is 4.79 Å². The number of ketones is 1. The molecule has 0 radical (unpaired) electrons. The Morgan fingerprint density at radius 2 is 1.68 bits per heavy atom. The number of hydrogen-bond acceptors (Lipinski definition) is 3. The topological polar surface area (TPSA) is 59.0 Å². The van der Waals surface area contributed by atoms with Crippen LogP contribution in [0.2, 0.25) is 5.02 Å². The SMILES string of the molecule is Cc1cc(Cc2ccc(NC(=S)Nc3ccccc3)cn2)n(C)c1C(=O)c1ccc(Cl)cc1.Cl. The van der Waals surface area contributed by atoms with Crippen LogP contribution in [0, 0.1) is 6.92 Å². The Labute approximate surface area is 215 Å². The number of halogens is 2. The zero-order chi connectivity index (χ0) is 23.4. The number of carbonyl (C=O) groups is 1. The van der Waals surface area contributed by atoms with Gasteiger partial charge in [-0.2, -0.15) is 0 Å². The van der Waals surface area contributed by atoms with Crippen molar-refractivity contribution >= 4 is 58.5 Å². The van der Waals surface area contributed by atoms with E-state index in [1.807, 2.05) is 67.1 Å². The molecule has 2 aromatic carbocycles. The molecule has 0 saturated carbocycles. The van der Waals surface area contributed by atoms with Crippen molar-refractivity contribution in [1.29, 1.82) is 0 Å². The van der Waals surface area contributed by atoms with Crippen LogP contribution in [0.5, 0.6) is 0 Å². The number of anilines is 2. The second kappa shape index (κ2) is 11.3. The summed E-state index contributed by atoms with van der Waals surface area (Å²) in [7, 11) is 1.91. The highest BCUT2D eigenvalue weighted by Crippen LogP contribution is 2.21. The first kappa shape index (κ1) is 25.4. The highest BCUT2D eigenvalue weighted by Gasteiger charge is 2.18. The third kappa shape index (κ3) is 6.03. The number of nitrogens with zero attached hydrogens (tertiary/aromatic N) is 2.